The number of carbonyl (C=O) groups excluding carboxylic acids is 1. The zero-order chi connectivity index (χ0) is 23.2. The van der Waals surface area contributed by atoms with Crippen molar-refractivity contribution in [2.24, 2.45) is 5.92 Å². The number of carbonyl (C=O) groups is 1. The van der Waals surface area contributed by atoms with E-state index in [1.54, 1.807) is 30.3 Å². The van der Waals surface area contributed by atoms with E-state index in [1.165, 1.54) is 25.2 Å². The first-order chi connectivity index (χ1) is 14.5. The molecule has 2 aromatic rings. The van der Waals surface area contributed by atoms with Crippen molar-refractivity contribution in [2.45, 2.75) is 31.1 Å². The highest BCUT2D eigenvalue weighted by molar-refractivity contribution is 7.90. The molecule has 0 aromatic heterocycles. The molecular formula is C21H25N3O5S2. The number of nitrogens with zero attached hydrogens (tertiary/aromatic N) is 1. The predicted molar refractivity (Wildman–Crippen MR) is 118 cm³/mol. The zero-order valence-corrected chi connectivity index (χ0v) is 19.1. The Morgan fingerprint density at radius 2 is 1.68 bits per heavy atom. The Morgan fingerprint density at radius 3 is 2.23 bits per heavy atom. The molecule has 0 saturated carbocycles. The van der Waals surface area contributed by atoms with E-state index < -0.39 is 37.6 Å². The topological polar surface area (TPSA) is 133 Å². The van der Waals surface area contributed by atoms with Crippen molar-refractivity contribution in [1.29, 1.82) is 5.26 Å². The highest BCUT2D eigenvalue weighted by Crippen LogP contribution is 2.29. The molecule has 0 aliphatic heterocycles. The number of nitrogens with one attached hydrogen (secondary N) is 2. The smallest absolute Gasteiger partial charge is 0.248 e. The first-order valence-electron chi connectivity index (χ1n) is 9.54. The molecule has 8 nitrogen and oxygen atoms in total. The van der Waals surface area contributed by atoms with Crippen LogP contribution in [0.2, 0.25) is 0 Å². The monoisotopic (exact) mass is 463 g/mol. The molecule has 0 radical (unpaired) electrons. The van der Waals surface area contributed by atoms with Crippen LogP contribution in [0.15, 0.2) is 53.4 Å². The van der Waals surface area contributed by atoms with E-state index in [0.29, 0.717) is 12.0 Å². The summed E-state index contributed by atoms with van der Waals surface area (Å²) in [5, 5.41) is 8.64. The Bertz CT molecular complexity index is 1180. The highest BCUT2D eigenvalue weighted by Gasteiger charge is 2.26. The van der Waals surface area contributed by atoms with Crippen LogP contribution in [0.25, 0.3) is 11.1 Å². The van der Waals surface area contributed by atoms with Crippen molar-refractivity contribution in [1.82, 2.24) is 9.44 Å². The van der Waals surface area contributed by atoms with E-state index in [0.717, 1.165) is 11.1 Å². The van der Waals surface area contributed by atoms with E-state index >= 15 is 0 Å². The number of benzene rings is 2. The van der Waals surface area contributed by atoms with Crippen LogP contribution in [0.3, 0.4) is 0 Å². The molecule has 2 aromatic carbocycles. The van der Waals surface area contributed by atoms with E-state index in [9.17, 15) is 21.6 Å². The molecule has 1 unspecified atom stereocenters. The molecule has 0 saturated heterocycles. The Balaban J connectivity index is 2.39. The van der Waals surface area contributed by atoms with Crippen LogP contribution < -0.4 is 9.44 Å². The molecule has 0 spiro atoms. The van der Waals surface area contributed by atoms with Crippen LogP contribution in [-0.2, 0) is 24.8 Å². The summed E-state index contributed by atoms with van der Waals surface area (Å²) in [7, 11) is -6.24. The van der Waals surface area contributed by atoms with Gasteiger partial charge in [-0.15, -0.1) is 0 Å². The van der Waals surface area contributed by atoms with Crippen LogP contribution in [0, 0.1) is 17.2 Å². The summed E-state index contributed by atoms with van der Waals surface area (Å²) in [6, 6.07) is 14.9. The van der Waals surface area contributed by atoms with Gasteiger partial charge in [0.15, 0.2) is 5.75 Å². The second kappa shape index (κ2) is 10.0. The lowest BCUT2D eigenvalue weighted by Crippen LogP contribution is -2.36. The average Bonchev–Trinajstić information content (AvgIpc) is 2.71. The van der Waals surface area contributed by atoms with Gasteiger partial charge in [0.2, 0.25) is 26.0 Å². The molecule has 2 rings (SSSR count). The summed E-state index contributed by atoms with van der Waals surface area (Å²) in [4.78, 5) is 12.9. The molecule has 0 aliphatic carbocycles. The minimum Gasteiger partial charge on any atom is -0.273 e. The number of nitriles is 1. The van der Waals surface area contributed by atoms with Crippen LogP contribution in [0.4, 0.5) is 0 Å². The molecule has 2 N–H and O–H groups in total. The lowest BCUT2D eigenvalue weighted by molar-refractivity contribution is -0.121. The van der Waals surface area contributed by atoms with Crippen LogP contribution in [-0.4, -0.2) is 35.5 Å². The van der Waals surface area contributed by atoms with Crippen molar-refractivity contribution < 1.29 is 21.6 Å². The Hall–Kier alpha value is -2.74. The third-order valence-corrected chi connectivity index (χ3v) is 7.04. The molecule has 166 valence electrons. The minimum atomic E-state index is -4.03. The van der Waals surface area contributed by atoms with E-state index in [4.69, 9.17) is 5.26 Å². The minimum absolute atomic E-state index is 0.115. The SMILES string of the molecule is CNS(=O)(=O)c1ccc(-c2cccc(C(CC(C)C)C(=O)NS(=O)(=O)CC#N)c2)cc1. The van der Waals surface area contributed by atoms with E-state index in [1.807, 2.05) is 24.6 Å². The van der Waals surface area contributed by atoms with Gasteiger partial charge in [0.1, 0.15) is 0 Å². The average molecular weight is 464 g/mol. The van der Waals surface area contributed by atoms with E-state index in [-0.39, 0.29) is 10.8 Å². The number of sulfonamides is 2. The maximum absolute atomic E-state index is 12.7. The van der Waals surface area contributed by atoms with Crippen LogP contribution in [0.1, 0.15) is 31.7 Å². The number of hydrogen-bond acceptors (Lipinski definition) is 6. The van der Waals surface area contributed by atoms with Gasteiger partial charge >= 0.3 is 0 Å². The summed E-state index contributed by atoms with van der Waals surface area (Å²) in [5.74, 6) is -2.09. The van der Waals surface area contributed by atoms with Gasteiger partial charge in [-0.05, 0) is 48.2 Å². The van der Waals surface area contributed by atoms with Gasteiger partial charge < -0.3 is 0 Å². The molecule has 0 fully saturated rings. The van der Waals surface area contributed by atoms with Crippen molar-refractivity contribution >= 4 is 26.0 Å². The molecule has 0 heterocycles. The first-order valence-corrected chi connectivity index (χ1v) is 12.7. The van der Waals surface area contributed by atoms with Crippen molar-refractivity contribution in [3.05, 3.63) is 54.1 Å². The van der Waals surface area contributed by atoms with Gasteiger partial charge in [0.25, 0.3) is 0 Å². The maximum Gasteiger partial charge on any atom is 0.248 e. The Kier molecular flexibility index (Phi) is 7.95. The van der Waals surface area contributed by atoms with Gasteiger partial charge in [0, 0.05) is 0 Å². The van der Waals surface area contributed by atoms with Crippen LogP contribution >= 0.6 is 0 Å². The Labute approximate surface area is 183 Å². The zero-order valence-electron chi connectivity index (χ0n) is 17.5. The van der Waals surface area contributed by atoms with Gasteiger partial charge in [-0.1, -0.05) is 50.2 Å². The third kappa shape index (κ3) is 6.62. The maximum atomic E-state index is 12.7. The molecule has 1 atom stereocenters. The second-order valence-electron chi connectivity index (χ2n) is 7.42. The number of amides is 1. The van der Waals surface area contributed by atoms with Gasteiger partial charge in [-0.25, -0.2) is 21.6 Å². The van der Waals surface area contributed by atoms with Gasteiger partial charge in [-0.2, -0.15) is 5.26 Å². The quantitative estimate of drug-likeness (QED) is 0.586. The fourth-order valence-electron chi connectivity index (χ4n) is 3.09. The lowest BCUT2D eigenvalue weighted by Gasteiger charge is -2.19. The summed E-state index contributed by atoms with van der Waals surface area (Å²) in [6.45, 7) is 3.85. The number of hydrogen-bond donors (Lipinski definition) is 2. The summed E-state index contributed by atoms with van der Waals surface area (Å²) in [5.41, 5.74) is 2.13. The normalized spacial score (nSPS) is 12.9. The third-order valence-electron chi connectivity index (χ3n) is 4.59. The first kappa shape index (κ1) is 24.5. The second-order valence-corrected chi connectivity index (χ2v) is 11.0. The van der Waals surface area contributed by atoms with Gasteiger partial charge in [0.05, 0.1) is 16.9 Å². The molecule has 0 aliphatic rings. The largest absolute Gasteiger partial charge is 0.273 e. The Morgan fingerprint density at radius 1 is 1.03 bits per heavy atom. The highest BCUT2D eigenvalue weighted by atomic mass is 32.2. The molecular weight excluding hydrogens is 438 g/mol. The van der Waals surface area contributed by atoms with Crippen molar-refractivity contribution in [3.8, 4) is 17.2 Å². The molecule has 31 heavy (non-hydrogen) atoms. The molecule has 0 bridgehead atoms. The predicted octanol–water partition coefficient (Wildman–Crippen LogP) is 2.36. The standard InChI is InChI=1S/C21H25N3O5S2/c1-15(2)13-20(21(25)24-30(26,27)12-11-22)18-6-4-5-17(14-18)16-7-9-19(10-8-16)31(28,29)23-3/h4-10,14-15,20,23H,12-13H2,1-3H3,(H,24,25). The summed E-state index contributed by atoms with van der Waals surface area (Å²) in [6.07, 6.45) is 0.413. The molecule has 1 amide bonds. The summed E-state index contributed by atoms with van der Waals surface area (Å²) < 4.78 is 51.8. The fraction of sp³-hybridized carbons (Fsp3) is 0.333. The lowest BCUT2D eigenvalue weighted by atomic mass is 9.88. The summed E-state index contributed by atoms with van der Waals surface area (Å²) >= 11 is 0. The molecule has 10 heteroatoms. The van der Waals surface area contributed by atoms with Gasteiger partial charge in [-0.3, -0.25) is 9.52 Å². The van der Waals surface area contributed by atoms with Crippen molar-refractivity contribution in [3.63, 3.8) is 0 Å². The number of rotatable bonds is 9. The van der Waals surface area contributed by atoms with Crippen molar-refractivity contribution in [2.75, 3.05) is 12.8 Å². The van der Waals surface area contributed by atoms with E-state index in [2.05, 4.69) is 4.72 Å². The fourth-order valence-corrected chi connectivity index (χ4v) is 4.51. The van der Waals surface area contributed by atoms with Crippen LogP contribution in [0.5, 0.6) is 0 Å².